The van der Waals surface area contributed by atoms with Crippen LogP contribution in [0.5, 0.6) is 0 Å². The van der Waals surface area contributed by atoms with Crippen LogP contribution in [0, 0.1) is 0 Å². The minimum absolute atomic E-state index is 0. The van der Waals surface area contributed by atoms with Crippen molar-refractivity contribution >= 4 is 12.4 Å². The number of ether oxygens (including phenoxy) is 1. The van der Waals surface area contributed by atoms with E-state index < -0.39 is 0 Å². The largest absolute Gasteiger partial charge is 0.383 e. The van der Waals surface area contributed by atoms with E-state index in [1.54, 1.807) is 7.11 Å². The van der Waals surface area contributed by atoms with Crippen LogP contribution in [0.3, 0.4) is 0 Å². The van der Waals surface area contributed by atoms with Crippen molar-refractivity contribution < 1.29 is 4.74 Å². The van der Waals surface area contributed by atoms with Crippen molar-refractivity contribution in [2.24, 2.45) is 0 Å². The predicted octanol–water partition coefficient (Wildman–Crippen LogP) is 1.05. The Morgan fingerprint density at radius 1 is 1.44 bits per heavy atom. The van der Waals surface area contributed by atoms with Crippen molar-refractivity contribution in [3.05, 3.63) is 0 Å². The van der Waals surface area contributed by atoms with Gasteiger partial charge in [0.2, 0.25) is 0 Å². The zero-order valence-corrected chi connectivity index (χ0v) is 7.34. The molecule has 0 unspecified atom stereocenters. The number of nitrogens with one attached hydrogen (secondary N) is 1. The number of halogens is 1. The average molecular weight is 154 g/mol. The molecule has 0 aromatic carbocycles. The third-order valence-electron chi connectivity index (χ3n) is 1.18. The first-order chi connectivity index (χ1) is 3.62. The SMILES string of the molecule is CNC(C)(C)COC.Cl. The van der Waals surface area contributed by atoms with Crippen LogP contribution in [0.15, 0.2) is 0 Å². The lowest BCUT2D eigenvalue weighted by molar-refractivity contribution is 0.133. The molecule has 0 spiro atoms. The summed E-state index contributed by atoms with van der Waals surface area (Å²) in [7, 11) is 3.64. The molecule has 0 saturated carbocycles. The van der Waals surface area contributed by atoms with Gasteiger partial charge in [0, 0.05) is 12.6 Å². The van der Waals surface area contributed by atoms with E-state index in [1.807, 2.05) is 7.05 Å². The molecule has 0 atom stereocenters. The summed E-state index contributed by atoms with van der Waals surface area (Å²) in [5, 5.41) is 3.12. The second-order valence-electron chi connectivity index (χ2n) is 2.57. The number of hydrogen-bond acceptors (Lipinski definition) is 2. The molecule has 0 aromatic rings. The number of hydrogen-bond donors (Lipinski definition) is 1. The lowest BCUT2D eigenvalue weighted by Gasteiger charge is -2.21. The average Bonchev–Trinajstić information content (AvgIpc) is 1.67. The summed E-state index contributed by atoms with van der Waals surface area (Å²) in [6.07, 6.45) is 0. The first-order valence-electron chi connectivity index (χ1n) is 2.80. The van der Waals surface area contributed by atoms with E-state index in [0.717, 1.165) is 6.61 Å². The highest BCUT2D eigenvalue weighted by molar-refractivity contribution is 5.85. The van der Waals surface area contributed by atoms with Gasteiger partial charge in [-0.25, -0.2) is 0 Å². The Bertz CT molecular complexity index is 66.1. The van der Waals surface area contributed by atoms with Gasteiger partial charge in [-0.05, 0) is 20.9 Å². The van der Waals surface area contributed by atoms with E-state index in [2.05, 4.69) is 19.2 Å². The van der Waals surface area contributed by atoms with E-state index in [9.17, 15) is 0 Å². The molecule has 0 amide bonds. The summed E-state index contributed by atoms with van der Waals surface area (Å²) in [4.78, 5) is 0. The van der Waals surface area contributed by atoms with Gasteiger partial charge in [0.1, 0.15) is 0 Å². The highest BCUT2D eigenvalue weighted by atomic mass is 35.5. The van der Waals surface area contributed by atoms with Gasteiger partial charge in [0.05, 0.1) is 6.61 Å². The fourth-order valence-corrected chi connectivity index (χ4v) is 0.433. The molecule has 0 radical (unpaired) electrons. The van der Waals surface area contributed by atoms with Crippen molar-refractivity contribution in [3.8, 4) is 0 Å². The third-order valence-corrected chi connectivity index (χ3v) is 1.18. The van der Waals surface area contributed by atoms with Crippen molar-refractivity contribution in [1.82, 2.24) is 5.32 Å². The fourth-order valence-electron chi connectivity index (χ4n) is 0.433. The van der Waals surface area contributed by atoms with Crippen molar-refractivity contribution in [2.75, 3.05) is 20.8 Å². The summed E-state index contributed by atoms with van der Waals surface area (Å²) >= 11 is 0. The van der Waals surface area contributed by atoms with Crippen LogP contribution in [-0.2, 0) is 4.74 Å². The zero-order chi connectivity index (χ0) is 6.62. The first-order valence-corrected chi connectivity index (χ1v) is 2.80. The Labute approximate surface area is 63.4 Å². The topological polar surface area (TPSA) is 21.3 Å². The van der Waals surface area contributed by atoms with Gasteiger partial charge >= 0.3 is 0 Å². The molecule has 0 aromatic heterocycles. The number of rotatable bonds is 3. The highest BCUT2D eigenvalue weighted by Crippen LogP contribution is 1.98. The van der Waals surface area contributed by atoms with Gasteiger partial charge in [-0.1, -0.05) is 0 Å². The van der Waals surface area contributed by atoms with E-state index >= 15 is 0 Å². The summed E-state index contributed by atoms with van der Waals surface area (Å²) in [6.45, 7) is 4.94. The molecule has 9 heavy (non-hydrogen) atoms. The van der Waals surface area contributed by atoms with Crippen LogP contribution >= 0.6 is 12.4 Å². The van der Waals surface area contributed by atoms with Gasteiger partial charge in [-0.3, -0.25) is 0 Å². The summed E-state index contributed by atoms with van der Waals surface area (Å²) in [6, 6.07) is 0. The standard InChI is InChI=1S/C6H15NO.ClH/c1-6(2,7-3)5-8-4;/h7H,5H2,1-4H3;1H. The summed E-state index contributed by atoms with van der Waals surface area (Å²) < 4.78 is 4.94. The lowest BCUT2D eigenvalue weighted by Crippen LogP contribution is -2.40. The Morgan fingerprint density at radius 3 is 2.00 bits per heavy atom. The number of likely N-dealkylation sites (N-methyl/N-ethyl adjacent to an activating group) is 1. The van der Waals surface area contributed by atoms with Gasteiger partial charge in [0.15, 0.2) is 0 Å². The van der Waals surface area contributed by atoms with Crippen LogP contribution in [-0.4, -0.2) is 26.3 Å². The molecule has 1 N–H and O–H groups in total. The van der Waals surface area contributed by atoms with E-state index in [4.69, 9.17) is 4.74 Å². The summed E-state index contributed by atoms with van der Waals surface area (Å²) in [5.41, 5.74) is 0.120. The molecular weight excluding hydrogens is 138 g/mol. The maximum atomic E-state index is 4.94. The molecule has 0 aliphatic carbocycles. The molecule has 58 valence electrons. The maximum Gasteiger partial charge on any atom is 0.0638 e. The van der Waals surface area contributed by atoms with Crippen LogP contribution in [0.2, 0.25) is 0 Å². The van der Waals surface area contributed by atoms with Crippen LogP contribution < -0.4 is 5.32 Å². The minimum atomic E-state index is 0. The van der Waals surface area contributed by atoms with Gasteiger partial charge in [-0.15, -0.1) is 12.4 Å². The second kappa shape index (κ2) is 5.03. The van der Waals surface area contributed by atoms with Crippen molar-refractivity contribution in [3.63, 3.8) is 0 Å². The maximum absolute atomic E-state index is 4.94. The molecule has 2 nitrogen and oxygen atoms in total. The van der Waals surface area contributed by atoms with Crippen LogP contribution in [0.1, 0.15) is 13.8 Å². The van der Waals surface area contributed by atoms with Crippen LogP contribution in [0.25, 0.3) is 0 Å². The second-order valence-corrected chi connectivity index (χ2v) is 2.57. The Morgan fingerprint density at radius 2 is 1.89 bits per heavy atom. The normalized spacial score (nSPS) is 10.7. The Hall–Kier alpha value is 0.210. The van der Waals surface area contributed by atoms with Crippen LogP contribution in [0.4, 0.5) is 0 Å². The van der Waals surface area contributed by atoms with E-state index in [-0.39, 0.29) is 17.9 Å². The Kier molecular flexibility index (Phi) is 6.68. The molecule has 0 fully saturated rings. The Balaban J connectivity index is 0. The molecule has 0 rings (SSSR count). The number of methoxy groups -OCH3 is 1. The molecule has 0 saturated heterocycles. The van der Waals surface area contributed by atoms with Crippen molar-refractivity contribution in [1.29, 1.82) is 0 Å². The van der Waals surface area contributed by atoms with Gasteiger partial charge < -0.3 is 10.1 Å². The van der Waals surface area contributed by atoms with Gasteiger partial charge in [0.25, 0.3) is 0 Å². The van der Waals surface area contributed by atoms with E-state index in [0.29, 0.717) is 0 Å². The first kappa shape index (κ1) is 11.9. The molecule has 0 aliphatic heterocycles. The monoisotopic (exact) mass is 153 g/mol. The predicted molar refractivity (Wildman–Crippen MR) is 42.3 cm³/mol. The molecule has 3 heteroatoms. The zero-order valence-electron chi connectivity index (χ0n) is 6.52. The molecular formula is C6H16ClNO. The summed E-state index contributed by atoms with van der Waals surface area (Å²) in [5.74, 6) is 0. The third kappa shape index (κ3) is 6.09. The molecule has 0 aliphatic rings. The minimum Gasteiger partial charge on any atom is -0.383 e. The van der Waals surface area contributed by atoms with Crippen molar-refractivity contribution in [2.45, 2.75) is 19.4 Å². The molecule has 0 bridgehead atoms. The smallest absolute Gasteiger partial charge is 0.0638 e. The van der Waals surface area contributed by atoms with Gasteiger partial charge in [-0.2, -0.15) is 0 Å². The quantitative estimate of drug-likeness (QED) is 0.655. The van der Waals surface area contributed by atoms with E-state index in [1.165, 1.54) is 0 Å². The lowest BCUT2D eigenvalue weighted by atomic mass is 10.1. The highest BCUT2D eigenvalue weighted by Gasteiger charge is 2.12. The molecule has 0 heterocycles. The fraction of sp³-hybridized carbons (Fsp3) is 1.00.